The number of nitrogens with one attached hydrogen (secondary N) is 1. The summed E-state index contributed by atoms with van der Waals surface area (Å²) in [5.74, 6) is 0. The number of hydrogen-bond donors (Lipinski definition) is 3. The van der Waals surface area contributed by atoms with Gasteiger partial charge in [0.25, 0.3) is 5.69 Å². The Hall–Kier alpha value is -2.09. The zero-order chi connectivity index (χ0) is 9.14. The molecule has 0 aromatic heterocycles. The second-order valence-electron chi connectivity index (χ2n) is 2.20. The molecule has 0 fully saturated rings. The van der Waals surface area contributed by atoms with E-state index in [0.29, 0.717) is 0 Å². The van der Waals surface area contributed by atoms with Crippen molar-refractivity contribution in [2.24, 2.45) is 0 Å². The molecule has 0 radical (unpaired) electrons. The van der Waals surface area contributed by atoms with Crippen LogP contribution in [-0.2, 0) is 0 Å². The molecule has 0 heterocycles. The van der Waals surface area contributed by atoms with Gasteiger partial charge in [-0.3, -0.25) is 0 Å². The molecule has 1 aromatic carbocycles. The van der Waals surface area contributed by atoms with E-state index >= 15 is 0 Å². The van der Waals surface area contributed by atoms with Crippen LogP contribution in [0.1, 0.15) is 5.56 Å². The molecule has 0 unspecified atom stereocenters. The highest BCUT2D eigenvalue weighted by molar-refractivity contribution is 5.78. The Kier molecular flexibility index (Phi) is 1.92. The zero-order valence-electron chi connectivity index (χ0n) is 6.16. The standard InChI is InChI=1S/C7H6N4O/c8-3-4-1-2-5(11-12)7(10)6(4)9/h1-2H,9-10H2/p+1. The average molecular weight is 163 g/mol. The van der Waals surface area contributed by atoms with Crippen molar-refractivity contribution in [1.29, 1.82) is 5.26 Å². The summed E-state index contributed by atoms with van der Waals surface area (Å²) in [6, 6.07) is 4.70. The quantitative estimate of drug-likeness (QED) is 0.471. The topological polar surface area (TPSA) is 107 Å². The van der Waals surface area contributed by atoms with Gasteiger partial charge in [-0.05, 0) is 6.07 Å². The molecule has 0 amide bonds. The molecule has 0 aliphatic rings. The molecule has 0 bridgehead atoms. The molecule has 5 N–H and O–H groups in total. The highest BCUT2D eigenvalue weighted by Crippen LogP contribution is 2.24. The molecule has 0 spiro atoms. The largest absolute Gasteiger partial charge is 0.396 e. The first-order chi connectivity index (χ1) is 5.70. The fraction of sp³-hybridized carbons (Fsp3) is 0. The van der Waals surface area contributed by atoms with Crippen LogP contribution >= 0.6 is 0 Å². The second kappa shape index (κ2) is 2.88. The van der Waals surface area contributed by atoms with E-state index < -0.39 is 0 Å². The Balaban J connectivity index is 3.41. The summed E-state index contributed by atoms with van der Waals surface area (Å²) < 4.78 is 0. The van der Waals surface area contributed by atoms with E-state index in [1.165, 1.54) is 12.1 Å². The molecular formula is C7H7N4O+. The molecule has 0 saturated heterocycles. The molecule has 0 atom stereocenters. The number of nitrogens with zero attached hydrogens (tertiary/aromatic N) is 1. The van der Waals surface area contributed by atoms with E-state index in [1.54, 1.807) is 5.18 Å². The van der Waals surface area contributed by atoms with Crippen molar-refractivity contribution in [3.05, 3.63) is 22.6 Å². The van der Waals surface area contributed by atoms with E-state index in [0.717, 1.165) is 0 Å². The minimum atomic E-state index is 0.115. The summed E-state index contributed by atoms with van der Waals surface area (Å²) >= 11 is 0. The summed E-state index contributed by atoms with van der Waals surface area (Å²) in [6.07, 6.45) is 0. The van der Waals surface area contributed by atoms with E-state index in [9.17, 15) is 4.91 Å². The van der Waals surface area contributed by atoms with E-state index in [1.807, 2.05) is 6.07 Å². The number of nitrogen functional groups attached to an aromatic ring is 2. The fourth-order valence-electron chi connectivity index (χ4n) is 0.823. The third-order valence-corrected chi connectivity index (χ3v) is 1.52. The van der Waals surface area contributed by atoms with E-state index in [-0.39, 0.29) is 22.6 Å². The Labute approximate surface area is 68.6 Å². The van der Waals surface area contributed by atoms with Gasteiger partial charge in [0, 0.05) is 16.2 Å². The van der Waals surface area contributed by atoms with E-state index in [2.05, 4.69) is 0 Å². The summed E-state index contributed by atoms with van der Waals surface area (Å²) in [7, 11) is 0. The van der Waals surface area contributed by atoms with Crippen LogP contribution in [0.4, 0.5) is 17.1 Å². The molecule has 1 aromatic rings. The Bertz CT molecular complexity index is 366. The van der Waals surface area contributed by atoms with Crippen LogP contribution in [0.3, 0.4) is 0 Å². The first kappa shape index (κ1) is 8.01. The minimum Gasteiger partial charge on any atom is -0.396 e. The van der Waals surface area contributed by atoms with Gasteiger partial charge in [0.05, 0.1) is 11.3 Å². The van der Waals surface area contributed by atoms with Gasteiger partial charge in [0.1, 0.15) is 11.8 Å². The first-order valence-electron chi connectivity index (χ1n) is 3.17. The van der Waals surface area contributed by atoms with Crippen molar-refractivity contribution in [3.63, 3.8) is 0 Å². The number of nitroso groups, excluding NO2 is 1. The molecule has 0 saturated carbocycles. The maximum atomic E-state index is 10.2. The maximum Gasteiger partial charge on any atom is 0.278 e. The van der Waals surface area contributed by atoms with Crippen LogP contribution in [0.5, 0.6) is 0 Å². The van der Waals surface area contributed by atoms with Crippen LogP contribution in [0, 0.1) is 16.2 Å². The molecule has 60 valence electrons. The number of nitrogens with two attached hydrogens (primary N) is 2. The maximum absolute atomic E-state index is 10.2. The highest BCUT2D eigenvalue weighted by atomic mass is 16.3. The molecule has 12 heavy (non-hydrogen) atoms. The Morgan fingerprint density at radius 2 is 2.00 bits per heavy atom. The van der Waals surface area contributed by atoms with Crippen LogP contribution in [0.15, 0.2) is 12.1 Å². The Morgan fingerprint density at radius 3 is 2.50 bits per heavy atom. The molecule has 5 nitrogen and oxygen atoms in total. The van der Waals surface area contributed by atoms with Crippen LogP contribution in [-0.4, -0.2) is 0 Å². The van der Waals surface area contributed by atoms with E-state index in [4.69, 9.17) is 16.7 Å². The Morgan fingerprint density at radius 1 is 1.33 bits per heavy atom. The number of benzene rings is 1. The monoisotopic (exact) mass is 163 g/mol. The van der Waals surface area contributed by atoms with Crippen molar-refractivity contribution in [2.75, 3.05) is 11.5 Å². The SMILES string of the molecule is N#Cc1ccc([NH+]=O)c(N)c1N. The average Bonchev–Trinajstić information content (AvgIpc) is 2.10. The molecule has 0 aliphatic carbocycles. The summed E-state index contributed by atoms with van der Waals surface area (Å²) in [5.41, 5.74) is 11.6. The number of anilines is 2. The second-order valence-corrected chi connectivity index (χ2v) is 2.20. The third-order valence-electron chi connectivity index (χ3n) is 1.52. The zero-order valence-corrected chi connectivity index (χ0v) is 6.16. The lowest BCUT2D eigenvalue weighted by molar-refractivity contribution is -0.378. The minimum absolute atomic E-state index is 0.115. The van der Waals surface area contributed by atoms with Gasteiger partial charge >= 0.3 is 0 Å². The first-order valence-corrected chi connectivity index (χ1v) is 3.17. The number of rotatable bonds is 1. The molecule has 0 aliphatic heterocycles. The predicted octanol–water partition coefficient (Wildman–Crippen LogP) is -0.799. The molecule has 5 heteroatoms. The van der Waals surface area contributed by atoms with Gasteiger partial charge in [-0.1, -0.05) is 0 Å². The number of nitriles is 1. The lowest BCUT2D eigenvalue weighted by atomic mass is 10.1. The van der Waals surface area contributed by atoms with Crippen molar-refractivity contribution in [3.8, 4) is 6.07 Å². The van der Waals surface area contributed by atoms with Gasteiger partial charge in [0.2, 0.25) is 0 Å². The van der Waals surface area contributed by atoms with Crippen LogP contribution in [0.2, 0.25) is 0 Å². The van der Waals surface area contributed by atoms with Crippen LogP contribution in [0.25, 0.3) is 0 Å². The predicted molar refractivity (Wildman–Crippen MR) is 44.0 cm³/mol. The van der Waals surface area contributed by atoms with Crippen molar-refractivity contribution >= 4 is 17.1 Å². The third kappa shape index (κ3) is 1.06. The lowest BCUT2D eigenvalue weighted by Crippen LogP contribution is -2.56. The van der Waals surface area contributed by atoms with Crippen molar-refractivity contribution in [1.82, 2.24) is 0 Å². The smallest absolute Gasteiger partial charge is 0.278 e. The summed E-state index contributed by atoms with van der Waals surface area (Å²) in [5, 5.41) is 10.1. The fourth-order valence-corrected chi connectivity index (χ4v) is 0.823. The summed E-state index contributed by atoms with van der Waals surface area (Å²) in [4.78, 5) is 10.2. The van der Waals surface area contributed by atoms with Gasteiger partial charge in [-0.2, -0.15) is 5.26 Å². The van der Waals surface area contributed by atoms with Gasteiger partial charge in [-0.25, -0.2) is 0 Å². The molecular weight excluding hydrogens is 156 g/mol. The van der Waals surface area contributed by atoms with Crippen molar-refractivity contribution < 1.29 is 5.18 Å². The van der Waals surface area contributed by atoms with Crippen molar-refractivity contribution in [2.45, 2.75) is 0 Å². The van der Waals surface area contributed by atoms with Gasteiger partial charge in [-0.15, -0.1) is 0 Å². The lowest BCUT2D eigenvalue weighted by Gasteiger charge is -1.98. The van der Waals surface area contributed by atoms with Crippen LogP contribution < -0.4 is 16.6 Å². The summed E-state index contributed by atoms with van der Waals surface area (Å²) in [6.45, 7) is 0. The normalized spacial score (nSPS) is 8.92. The number of hydrogen-bond acceptors (Lipinski definition) is 4. The molecule has 1 rings (SSSR count). The van der Waals surface area contributed by atoms with Gasteiger partial charge < -0.3 is 11.5 Å². The van der Waals surface area contributed by atoms with Gasteiger partial charge in [0.15, 0.2) is 0 Å². The highest BCUT2D eigenvalue weighted by Gasteiger charge is 2.11.